The summed E-state index contributed by atoms with van der Waals surface area (Å²) in [5.74, 6) is 1.04. The Kier molecular flexibility index (Phi) is 5.16. The molecular weight excluding hydrogens is 370 g/mol. The van der Waals surface area contributed by atoms with Crippen LogP contribution in [0.3, 0.4) is 0 Å². The number of carbonyl (C=O) groups excluding carboxylic acids is 1. The summed E-state index contributed by atoms with van der Waals surface area (Å²) in [4.78, 5) is 19.3. The number of primary amides is 1. The molecule has 1 aromatic heterocycles. The molecule has 1 aliphatic heterocycles. The molecule has 7 heteroatoms. The number of allylic oxidation sites excluding steroid dienone is 1. The number of hydrogen-bond donors (Lipinski definition) is 2. The van der Waals surface area contributed by atoms with Crippen LogP contribution >= 0.6 is 11.8 Å². The van der Waals surface area contributed by atoms with Crippen molar-refractivity contribution in [3.63, 3.8) is 0 Å². The van der Waals surface area contributed by atoms with E-state index in [-0.39, 0.29) is 5.37 Å². The smallest absolute Gasteiger partial charge is 0.256 e. The third kappa shape index (κ3) is 3.80. The van der Waals surface area contributed by atoms with Crippen LogP contribution in [0.5, 0.6) is 0 Å². The first-order chi connectivity index (χ1) is 13.6. The number of amides is 1. The topological polar surface area (TPSA) is 87.9 Å². The molecule has 0 bridgehead atoms. The molecule has 1 atom stereocenters. The van der Waals surface area contributed by atoms with Crippen molar-refractivity contribution >= 4 is 17.7 Å². The van der Waals surface area contributed by atoms with Crippen LogP contribution < -0.4 is 5.73 Å². The zero-order valence-corrected chi connectivity index (χ0v) is 16.3. The van der Waals surface area contributed by atoms with Crippen molar-refractivity contribution in [2.24, 2.45) is 5.73 Å². The van der Waals surface area contributed by atoms with E-state index < -0.39 is 5.91 Å². The van der Waals surface area contributed by atoms with Crippen molar-refractivity contribution in [1.29, 1.82) is 0 Å². The zero-order valence-electron chi connectivity index (χ0n) is 15.5. The number of benzene rings is 2. The quantitative estimate of drug-likeness (QED) is 0.673. The van der Waals surface area contributed by atoms with E-state index in [9.17, 15) is 4.79 Å². The van der Waals surface area contributed by atoms with Crippen LogP contribution in [0.15, 0.2) is 71.3 Å². The molecule has 2 heterocycles. The summed E-state index contributed by atoms with van der Waals surface area (Å²) in [5, 5.41) is 7.28. The van der Waals surface area contributed by atoms with Gasteiger partial charge in [0.1, 0.15) is 11.2 Å². The van der Waals surface area contributed by atoms with Crippen LogP contribution in [0.1, 0.15) is 35.1 Å². The van der Waals surface area contributed by atoms with Crippen LogP contribution in [0, 0.1) is 0 Å². The number of rotatable bonds is 6. The molecule has 28 heavy (non-hydrogen) atoms. The summed E-state index contributed by atoms with van der Waals surface area (Å²) >= 11 is 1.41. The Bertz CT molecular complexity index is 1000. The minimum atomic E-state index is -0.414. The predicted molar refractivity (Wildman–Crippen MR) is 110 cm³/mol. The van der Waals surface area contributed by atoms with Gasteiger partial charge in [0.05, 0.1) is 4.91 Å². The predicted octanol–water partition coefficient (Wildman–Crippen LogP) is 3.36. The van der Waals surface area contributed by atoms with Gasteiger partial charge in [-0.1, -0.05) is 72.4 Å². The van der Waals surface area contributed by atoms with Crippen molar-refractivity contribution < 1.29 is 4.79 Å². The lowest BCUT2D eigenvalue weighted by molar-refractivity contribution is -0.114. The van der Waals surface area contributed by atoms with E-state index in [1.807, 2.05) is 43.3 Å². The monoisotopic (exact) mass is 391 g/mol. The van der Waals surface area contributed by atoms with Gasteiger partial charge < -0.3 is 10.6 Å². The third-order valence-electron chi connectivity index (χ3n) is 4.68. The van der Waals surface area contributed by atoms with Crippen molar-refractivity contribution in [3.8, 4) is 0 Å². The average molecular weight is 392 g/mol. The second-order valence-electron chi connectivity index (χ2n) is 6.67. The summed E-state index contributed by atoms with van der Waals surface area (Å²) < 4.78 is 0. The van der Waals surface area contributed by atoms with Gasteiger partial charge in [0, 0.05) is 18.7 Å². The van der Waals surface area contributed by atoms with E-state index in [1.54, 1.807) is 0 Å². The second-order valence-corrected chi connectivity index (χ2v) is 7.76. The minimum Gasteiger partial charge on any atom is -0.365 e. The molecule has 4 rings (SSSR count). The fourth-order valence-electron chi connectivity index (χ4n) is 3.27. The summed E-state index contributed by atoms with van der Waals surface area (Å²) in [6.07, 6.45) is 0.680. The normalized spacial score (nSPS) is 16.6. The van der Waals surface area contributed by atoms with Crippen LogP contribution in [0.4, 0.5) is 0 Å². The molecule has 1 amide bonds. The fraction of sp³-hybridized carbons (Fsp3) is 0.190. The molecule has 3 N–H and O–H groups in total. The van der Waals surface area contributed by atoms with Crippen molar-refractivity contribution in [3.05, 3.63) is 94.0 Å². The van der Waals surface area contributed by atoms with Gasteiger partial charge in [-0.3, -0.25) is 9.89 Å². The zero-order chi connectivity index (χ0) is 19.5. The van der Waals surface area contributed by atoms with E-state index in [4.69, 9.17) is 10.7 Å². The van der Waals surface area contributed by atoms with Gasteiger partial charge in [0.2, 0.25) is 0 Å². The number of carbonyl (C=O) groups is 1. The van der Waals surface area contributed by atoms with Crippen molar-refractivity contribution in [2.75, 3.05) is 0 Å². The Hall–Kier alpha value is -3.06. The number of nitrogens with one attached hydrogen (secondary N) is 1. The lowest BCUT2D eigenvalue weighted by atomic mass is 10.1. The fourth-order valence-corrected chi connectivity index (χ4v) is 4.46. The standard InChI is InChI=1S/C21H21N5OS/c1-14-18(19(22)27)28-21(26(14)13-16-10-6-3-7-11-16)20-23-17(24-25-20)12-15-8-4-2-5-9-15/h2-11,21H,12-13H2,1H3,(H2,22,27)(H,23,24,25). The molecule has 1 aliphatic rings. The summed E-state index contributed by atoms with van der Waals surface area (Å²) in [6.45, 7) is 2.58. The second kappa shape index (κ2) is 7.90. The summed E-state index contributed by atoms with van der Waals surface area (Å²) in [6, 6.07) is 20.3. The van der Waals surface area contributed by atoms with Gasteiger partial charge in [-0.05, 0) is 18.1 Å². The minimum absolute atomic E-state index is 0.191. The molecule has 3 aromatic rings. The van der Waals surface area contributed by atoms with Gasteiger partial charge in [-0.2, -0.15) is 5.10 Å². The van der Waals surface area contributed by atoms with Gasteiger partial charge in [-0.15, -0.1) is 0 Å². The highest BCUT2D eigenvalue weighted by molar-refractivity contribution is 8.04. The first-order valence-electron chi connectivity index (χ1n) is 9.05. The number of hydrogen-bond acceptors (Lipinski definition) is 5. The number of nitrogens with two attached hydrogens (primary N) is 1. The van der Waals surface area contributed by atoms with Crippen LogP contribution in [-0.4, -0.2) is 26.0 Å². The third-order valence-corrected chi connectivity index (χ3v) is 6.10. The molecule has 0 spiro atoms. The number of aromatic nitrogens is 3. The van der Waals surface area contributed by atoms with E-state index in [1.165, 1.54) is 11.8 Å². The molecule has 0 saturated carbocycles. The first kappa shape index (κ1) is 18.3. The summed E-state index contributed by atoms with van der Waals surface area (Å²) in [7, 11) is 0. The summed E-state index contributed by atoms with van der Waals surface area (Å²) in [5.41, 5.74) is 8.78. The highest BCUT2D eigenvalue weighted by Gasteiger charge is 2.36. The van der Waals surface area contributed by atoms with Crippen LogP contribution in [0.2, 0.25) is 0 Å². The highest BCUT2D eigenvalue weighted by Crippen LogP contribution is 2.47. The molecule has 0 radical (unpaired) electrons. The lowest BCUT2D eigenvalue weighted by Gasteiger charge is -2.25. The molecular formula is C21H21N5OS. The molecule has 2 aromatic carbocycles. The Morgan fingerprint density at radius 3 is 2.39 bits per heavy atom. The van der Waals surface area contributed by atoms with E-state index >= 15 is 0 Å². The Labute approximate surface area is 167 Å². The largest absolute Gasteiger partial charge is 0.365 e. The number of nitrogens with zero attached hydrogens (tertiary/aromatic N) is 3. The molecule has 0 fully saturated rings. The van der Waals surface area contributed by atoms with Crippen molar-refractivity contribution in [1.82, 2.24) is 20.1 Å². The van der Waals surface area contributed by atoms with Gasteiger partial charge in [0.25, 0.3) is 5.91 Å². The van der Waals surface area contributed by atoms with Crippen molar-refractivity contribution in [2.45, 2.75) is 25.3 Å². The average Bonchev–Trinajstić information content (AvgIpc) is 3.28. The number of H-pyrrole nitrogens is 1. The Morgan fingerprint density at radius 2 is 1.75 bits per heavy atom. The van der Waals surface area contributed by atoms with E-state index in [2.05, 4.69) is 39.4 Å². The maximum atomic E-state index is 11.9. The Morgan fingerprint density at radius 1 is 1.11 bits per heavy atom. The molecule has 0 aliphatic carbocycles. The molecule has 1 unspecified atom stereocenters. The first-order valence-corrected chi connectivity index (χ1v) is 9.93. The SMILES string of the molecule is CC1=C(C(N)=O)SC(c2n[nH]c(Cc3ccccc3)n2)N1Cc1ccccc1. The van der Waals surface area contributed by atoms with Gasteiger partial charge >= 0.3 is 0 Å². The Balaban J connectivity index is 1.59. The number of thioether (sulfide) groups is 1. The molecule has 0 saturated heterocycles. The lowest BCUT2D eigenvalue weighted by Crippen LogP contribution is -2.22. The van der Waals surface area contributed by atoms with E-state index in [0.29, 0.717) is 23.7 Å². The van der Waals surface area contributed by atoms with Gasteiger partial charge in [-0.25, -0.2) is 4.98 Å². The van der Waals surface area contributed by atoms with Crippen LogP contribution in [0.25, 0.3) is 0 Å². The van der Waals surface area contributed by atoms with Crippen LogP contribution in [-0.2, 0) is 17.8 Å². The van der Waals surface area contributed by atoms with Gasteiger partial charge in [0.15, 0.2) is 5.82 Å². The highest BCUT2D eigenvalue weighted by atomic mass is 32.2. The molecule has 142 valence electrons. The molecule has 6 nitrogen and oxygen atoms in total. The maximum Gasteiger partial charge on any atom is 0.256 e. The number of aromatic amines is 1. The van der Waals surface area contributed by atoms with E-state index in [0.717, 1.165) is 22.6 Å². The maximum absolute atomic E-state index is 11.9.